The van der Waals surface area contributed by atoms with Crippen LogP contribution in [0.4, 0.5) is 22.4 Å². The van der Waals surface area contributed by atoms with Crippen molar-refractivity contribution in [1.82, 2.24) is 15.6 Å². The molecule has 0 saturated heterocycles. The highest BCUT2D eigenvalue weighted by Crippen LogP contribution is 2.36. The summed E-state index contributed by atoms with van der Waals surface area (Å²) < 4.78 is 74.4. The van der Waals surface area contributed by atoms with Gasteiger partial charge in [0.15, 0.2) is 29.1 Å². The van der Waals surface area contributed by atoms with E-state index in [1.54, 1.807) is 0 Å². The normalized spacial score (nSPS) is 13.3. The van der Waals surface area contributed by atoms with Gasteiger partial charge in [0.05, 0.1) is 6.61 Å². The Balaban J connectivity index is 1.50. The van der Waals surface area contributed by atoms with Gasteiger partial charge in [-0.1, -0.05) is 6.07 Å². The van der Waals surface area contributed by atoms with Gasteiger partial charge >= 0.3 is 12.7 Å². The smallest absolute Gasteiger partial charge is 0.405 e. The summed E-state index contributed by atoms with van der Waals surface area (Å²) >= 11 is 0. The standard InChI is InChI=1S/C30H32F4N4O7/c1-16(43-30(35)41)26-25(27(40)37-15-19-7-9-20(31)13-21(19)32)38-28(45-26)18-8-10-22(44-29(33)34)23(12-18)42-11-3-2-4-24(39)36-14-17-5-6-17/h7-10,12-13,16-17,29H,2-6,11,14-15H2,1H3,(H2,35,41)(H,36,39)(H,37,40). The number of alkyl halides is 2. The Hall–Kier alpha value is -4.82. The molecule has 242 valence electrons. The predicted octanol–water partition coefficient (Wildman–Crippen LogP) is 5.38. The van der Waals surface area contributed by atoms with Crippen LogP contribution in [0.2, 0.25) is 0 Å². The molecule has 1 atom stereocenters. The van der Waals surface area contributed by atoms with Crippen LogP contribution < -0.4 is 25.8 Å². The quantitative estimate of drug-likeness (QED) is 0.140. The van der Waals surface area contributed by atoms with Crippen molar-refractivity contribution in [1.29, 1.82) is 0 Å². The van der Waals surface area contributed by atoms with Crippen LogP contribution in [-0.4, -0.2) is 42.7 Å². The highest BCUT2D eigenvalue weighted by Gasteiger charge is 2.28. The SMILES string of the molecule is CC(OC(N)=O)c1oc(-c2ccc(OC(F)F)c(OCCCCC(=O)NCC3CC3)c2)nc1C(=O)NCc1ccc(F)cc1F. The molecule has 1 aromatic heterocycles. The number of nitrogens with one attached hydrogen (secondary N) is 2. The van der Waals surface area contributed by atoms with Gasteiger partial charge in [-0.05, 0) is 62.8 Å². The summed E-state index contributed by atoms with van der Waals surface area (Å²) in [5, 5.41) is 5.31. The molecule has 1 aliphatic rings. The zero-order valence-corrected chi connectivity index (χ0v) is 24.2. The summed E-state index contributed by atoms with van der Waals surface area (Å²) in [5.74, 6) is -2.76. The summed E-state index contributed by atoms with van der Waals surface area (Å²) in [6.07, 6.45) is 1.13. The van der Waals surface area contributed by atoms with Crippen molar-refractivity contribution in [2.24, 2.45) is 11.7 Å². The zero-order valence-electron chi connectivity index (χ0n) is 24.2. The van der Waals surface area contributed by atoms with Gasteiger partial charge in [0.1, 0.15) is 11.6 Å². The summed E-state index contributed by atoms with van der Waals surface area (Å²) in [6, 6.07) is 6.70. The Morgan fingerprint density at radius 1 is 1.07 bits per heavy atom. The van der Waals surface area contributed by atoms with E-state index in [0.29, 0.717) is 37.8 Å². The third kappa shape index (κ3) is 9.84. The number of hydrogen-bond acceptors (Lipinski definition) is 8. The van der Waals surface area contributed by atoms with Crippen LogP contribution in [0.5, 0.6) is 11.5 Å². The van der Waals surface area contributed by atoms with E-state index in [0.717, 1.165) is 25.0 Å². The molecule has 2 aromatic carbocycles. The van der Waals surface area contributed by atoms with Crippen molar-refractivity contribution < 1.29 is 50.6 Å². The van der Waals surface area contributed by atoms with Gasteiger partial charge in [0.25, 0.3) is 5.91 Å². The lowest BCUT2D eigenvalue weighted by atomic mass is 10.2. The number of amides is 3. The Morgan fingerprint density at radius 3 is 2.53 bits per heavy atom. The summed E-state index contributed by atoms with van der Waals surface area (Å²) in [5.41, 5.74) is 4.96. The van der Waals surface area contributed by atoms with E-state index in [4.69, 9.17) is 19.6 Å². The van der Waals surface area contributed by atoms with Crippen LogP contribution >= 0.6 is 0 Å². The first-order valence-corrected chi connectivity index (χ1v) is 14.2. The van der Waals surface area contributed by atoms with Gasteiger partial charge in [-0.25, -0.2) is 18.6 Å². The monoisotopic (exact) mass is 636 g/mol. The van der Waals surface area contributed by atoms with Crippen LogP contribution in [0.25, 0.3) is 11.5 Å². The summed E-state index contributed by atoms with van der Waals surface area (Å²) in [6.45, 7) is -1.37. The van der Waals surface area contributed by atoms with Gasteiger partial charge in [0.2, 0.25) is 11.8 Å². The molecule has 45 heavy (non-hydrogen) atoms. The van der Waals surface area contributed by atoms with Gasteiger partial charge in [-0.15, -0.1) is 0 Å². The van der Waals surface area contributed by atoms with Crippen LogP contribution in [0.15, 0.2) is 40.8 Å². The van der Waals surface area contributed by atoms with Crippen molar-refractivity contribution in [3.63, 3.8) is 0 Å². The highest BCUT2D eigenvalue weighted by molar-refractivity contribution is 5.94. The summed E-state index contributed by atoms with van der Waals surface area (Å²) in [4.78, 5) is 40.6. The lowest BCUT2D eigenvalue weighted by Gasteiger charge is -2.13. The number of aromatic nitrogens is 1. The van der Waals surface area contributed by atoms with Crippen LogP contribution in [-0.2, 0) is 16.1 Å². The minimum atomic E-state index is -3.14. The van der Waals surface area contributed by atoms with Crippen LogP contribution in [0.1, 0.15) is 66.9 Å². The number of oxazole rings is 1. The third-order valence-corrected chi connectivity index (χ3v) is 6.73. The molecule has 11 nitrogen and oxygen atoms in total. The molecule has 0 aliphatic heterocycles. The van der Waals surface area contributed by atoms with Gasteiger partial charge in [-0.2, -0.15) is 8.78 Å². The second-order valence-corrected chi connectivity index (χ2v) is 10.3. The number of ether oxygens (including phenoxy) is 3. The van der Waals surface area contributed by atoms with E-state index in [2.05, 4.69) is 20.4 Å². The van der Waals surface area contributed by atoms with E-state index in [9.17, 15) is 31.9 Å². The third-order valence-electron chi connectivity index (χ3n) is 6.73. The number of primary amides is 1. The predicted molar refractivity (Wildman–Crippen MR) is 150 cm³/mol. The Morgan fingerprint density at radius 2 is 1.84 bits per heavy atom. The summed E-state index contributed by atoms with van der Waals surface area (Å²) in [7, 11) is 0. The second kappa shape index (κ2) is 15.3. The van der Waals surface area contributed by atoms with E-state index in [1.807, 2.05) is 0 Å². The maximum atomic E-state index is 14.1. The van der Waals surface area contributed by atoms with E-state index in [1.165, 1.54) is 25.1 Å². The largest absolute Gasteiger partial charge is 0.490 e. The minimum absolute atomic E-state index is 0.00764. The molecule has 3 aromatic rings. The van der Waals surface area contributed by atoms with E-state index >= 15 is 0 Å². The van der Waals surface area contributed by atoms with Gasteiger partial charge in [-0.3, -0.25) is 9.59 Å². The molecule has 1 fully saturated rings. The van der Waals surface area contributed by atoms with Crippen molar-refractivity contribution in [3.8, 4) is 23.0 Å². The molecule has 0 spiro atoms. The maximum Gasteiger partial charge on any atom is 0.405 e. The molecule has 4 N–H and O–H groups in total. The first-order chi connectivity index (χ1) is 21.5. The highest BCUT2D eigenvalue weighted by atomic mass is 19.3. The minimum Gasteiger partial charge on any atom is -0.490 e. The van der Waals surface area contributed by atoms with E-state index in [-0.39, 0.29) is 59.0 Å². The molecule has 1 unspecified atom stereocenters. The first kappa shape index (κ1) is 33.1. The van der Waals surface area contributed by atoms with Gasteiger partial charge in [0, 0.05) is 36.7 Å². The van der Waals surface area contributed by atoms with Crippen molar-refractivity contribution in [3.05, 3.63) is 65.1 Å². The zero-order chi connectivity index (χ0) is 32.5. The average Bonchev–Trinajstić information content (AvgIpc) is 3.70. The lowest BCUT2D eigenvalue weighted by molar-refractivity contribution is -0.121. The van der Waals surface area contributed by atoms with Gasteiger partial charge < -0.3 is 35.0 Å². The number of unbranched alkanes of at least 4 members (excludes halogenated alkanes) is 1. The lowest BCUT2D eigenvalue weighted by Crippen LogP contribution is -2.26. The molecule has 1 saturated carbocycles. The molecular weight excluding hydrogens is 604 g/mol. The second-order valence-electron chi connectivity index (χ2n) is 10.3. The first-order valence-electron chi connectivity index (χ1n) is 14.2. The van der Waals surface area contributed by atoms with Crippen LogP contribution in [0.3, 0.4) is 0 Å². The van der Waals surface area contributed by atoms with Crippen molar-refractivity contribution in [2.75, 3.05) is 13.2 Å². The van der Waals surface area contributed by atoms with Crippen molar-refractivity contribution >= 4 is 17.9 Å². The Bertz CT molecular complexity index is 1510. The number of carbonyl (C=O) groups is 3. The number of nitrogens with two attached hydrogens (primary N) is 1. The molecule has 0 bridgehead atoms. The van der Waals surface area contributed by atoms with Crippen LogP contribution in [0, 0.1) is 17.6 Å². The molecule has 3 amide bonds. The fraction of sp³-hybridized carbons (Fsp3) is 0.400. The molecule has 1 heterocycles. The van der Waals surface area contributed by atoms with E-state index < -0.39 is 36.4 Å². The molecule has 15 heteroatoms. The number of benzene rings is 2. The number of hydrogen-bond donors (Lipinski definition) is 3. The molecule has 4 rings (SSSR count). The maximum absolute atomic E-state index is 14.1. The van der Waals surface area contributed by atoms with Crippen molar-refractivity contribution in [2.45, 2.75) is 58.3 Å². The molecule has 0 radical (unpaired) electrons. The fourth-order valence-electron chi connectivity index (χ4n) is 4.23. The number of rotatable bonds is 16. The molecule has 1 aliphatic carbocycles. The topological polar surface area (TPSA) is 155 Å². The fourth-order valence-corrected chi connectivity index (χ4v) is 4.23. The number of halogens is 4. The number of nitrogens with zero attached hydrogens (tertiary/aromatic N) is 1. The molecular formula is C30H32F4N4O7. The Labute approximate surface area is 255 Å². The Kier molecular flexibility index (Phi) is 11.2. The number of carbonyl (C=O) groups excluding carboxylic acids is 3. The average molecular weight is 637 g/mol.